The molecule has 3 N–H and O–H groups in total. The number of rotatable bonds is 4. The van der Waals surface area contributed by atoms with Gasteiger partial charge in [0.05, 0.1) is 5.92 Å². The third-order valence-electron chi connectivity index (χ3n) is 3.88. The van der Waals surface area contributed by atoms with Crippen molar-refractivity contribution in [2.75, 3.05) is 18.4 Å². The molecule has 0 bridgehead atoms. The Balaban J connectivity index is 1.96. The minimum atomic E-state index is -0.501. The molecule has 0 aliphatic carbocycles. The van der Waals surface area contributed by atoms with Gasteiger partial charge < -0.3 is 16.0 Å². The van der Waals surface area contributed by atoms with E-state index in [0.717, 1.165) is 19.4 Å². The highest BCUT2D eigenvalue weighted by Gasteiger charge is 2.27. The molecule has 1 atom stereocenters. The van der Waals surface area contributed by atoms with Crippen molar-refractivity contribution in [3.8, 4) is 0 Å². The van der Waals surface area contributed by atoms with Crippen LogP contribution in [0.2, 0.25) is 0 Å². The number of primary amides is 1. The van der Waals surface area contributed by atoms with E-state index < -0.39 is 5.91 Å². The molecule has 1 aromatic carbocycles. The average Bonchev–Trinajstić information content (AvgIpc) is 2.54. The first-order valence-electron chi connectivity index (χ1n) is 7.49. The van der Waals surface area contributed by atoms with Crippen LogP contribution in [0.4, 0.5) is 5.69 Å². The molecule has 0 aromatic heterocycles. The summed E-state index contributed by atoms with van der Waals surface area (Å²) in [6.45, 7) is 3.02. The van der Waals surface area contributed by atoms with Crippen LogP contribution in [0, 0.1) is 5.92 Å². The van der Waals surface area contributed by atoms with E-state index >= 15 is 0 Å². The number of nitrogens with one attached hydrogen (secondary N) is 1. The smallest absolute Gasteiger partial charge is 0.248 e. The molecule has 22 heavy (non-hydrogen) atoms. The number of carbonyl (C=O) groups is 3. The van der Waals surface area contributed by atoms with Gasteiger partial charge in [0.1, 0.15) is 0 Å². The normalized spacial score (nSPS) is 17.9. The van der Waals surface area contributed by atoms with Crippen molar-refractivity contribution in [2.24, 2.45) is 11.7 Å². The van der Waals surface area contributed by atoms with Gasteiger partial charge in [-0.25, -0.2) is 0 Å². The average molecular weight is 303 g/mol. The van der Waals surface area contributed by atoms with Gasteiger partial charge in [-0.2, -0.15) is 0 Å². The van der Waals surface area contributed by atoms with Crippen molar-refractivity contribution in [3.05, 3.63) is 29.8 Å². The second kappa shape index (κ2) is 7.06. The summed E-state index contributed by atoms with van der Waals surface area (Å²) in [4.78, 5) is 36.8. The van der Waals surface area contributed by atoms with Crippen LogP contribution in [-0.2, 0) is 9.59 Å². The second-order valence-corrected chi connectivity index (χ2v) is 5.46. The molecule has 1 aliphatic rings. The van der Waals surface area contributed by atoms with E-state index in [0.29, 0.717) is 24.2 Å². The minimum absolute atomic E-state index is 0.0864. The van der Waals surface area contributed by atoms with Crippen molar-refractivity contribution in [3.63, 3.8) is 0 Å². The lowest BCUT2D eigenvalue weighted by Gasteiger charge is -2.31. The predicted molar refractivity (Wildman–Crippen MR) is 83.2 cm³/mol. The minimum Gasteiger partial charge on any atom is -0.366 e. The van der Waals surface area contributed by atoms with Gasteiger partial charge in [0.2, 0.25) is 17.7 Å². The lowest BCUT2D eigenvalue weighted by atomic mass is 9.96. The number of piperidine rings is 1. The summed E-state index contributed by atoms with van der Waals surface area (Å²) in [5.74, 6) is -0.706. The van der Waals surface area contributed by atoms with Crippen molar-refractivity contribution in [2.45, 2.75) is 26.2 Å². The fourth-order valence-electron chi connectivity index (χ4n) is 2.60. The van der Waals surface area contributed by atoms with Gasteiger partial charge >= 0.3 is 0 Å². The molecular weight excluding hydrogens is 282 g/mol. The number of carbonyl (C=O) groups excluding carboxylic acids is 3. The van der Waals surface area contributed by atoms with Crippen LogP contribution in [0.1, 0.15) is 36.5 Å². The molecule has 1 fully saturated rings. The molecule has 6 heteroatoms. The predicted octanol–water partition coefficient (Wildman–Crippen LogP) is 1.37. The molecular formula is C16H21N3O3. The highest BCUT2D eigenvalue weighted by Crippen LogP contribution is 2.19. The molecule has 0 radical (unpaired) electrons. The van der Waals surface area contributed by atoms with E-state index in [4.69, 9.17) is 5.73 Å². The monoisotopic (exact) mass is 303 g/mol. The Bertz CT molecular complexity index is 569. The Morgan fingerprint density at radius 3 is 2.55 bits per heavy atom. The summed E-state index contributed by atoms with van der Waals surface area (Å²) in [7, 11) is 0. The van der Waals surface area contributed by atoms with Gasteiger partial charge in [-0.05, 0) is 37.1 Å². The van der Waals surface area contributed by atoms with Gasteiger partial charge in [0.25, 0.3) is 0 Å². The van der Waals surface area contributed by atoms with Crippen molar-refractivity contribution in [1.82, 2.24) is 4.90 Å². The maximum Gasteiger partial charge on any atom is 0.248 e. The molecule has 1 saturated heterocycles. The lowest BCUT2D eigenvalue weighted by molar-refractivity contribution is -0.134. The van der Waals surface area contributed by atoms with E-state index in [-0.39, 0.29) is 17.7 Å². The number of amides is 3. The van der Waals surface area contributed by atoms with E-state index in [1.807, 2.05) is 6.92 Å². The van der Waals surface area contributed by atoms with Gasteiger partial charge in [-0.3, -0.25) is 14.4 Å². The highest BCUT2D eigenvalue weighted by molar-refractivity contribution is 5.95. The summed E-state index contributed by atoms with van der Waals surface area (Å²) < 4.78 is 0. The molecule has 6 nitrogen and oxygen atoms in total. The maximum atomic E-state index is 12.3. The number of likely N-dealkylation sites (tertiary alicyclic amines) is 1. The molecule has 2 rings (SSSR count). The summed E-state index contributed by atoms with van der Waals surface area (Å²) in [5.41, 5.74) is 6.19. The topological polar surface area (TPSA) is 92.5 Å². The molecule has 1 aromatic rings. The summed E-state index contributed by atoms with van der Waals surface area (Å²) in [5, 5.41) is 2.83. The number of hydrogen-bond donors (Lipinski definition) is 2. The van der Waals surface area contributed by atoms with Crippen molar-refractivity contribution < 1.29 is 14.4 Å². The fourth-order valence-corrected chi connectivity index (χ4v) is 2.60. The first-order valence-corrected chi connectivity index (χ1v) is 7.49. The van der Waals surface area contributed by atoms with Crippen LogP contribution in [0.25, 0.3) is 0 Å². The molecule has 3 amide bonds. The number of benzene rings is 1. The number of hydrogen-bond acceptors (Lipinski definition) is 3. The fraction of sp³-hybridized carbons (Fsp3) is 0.438. The van der Waals surface area contributed by atoms with Crippen LogP contribution >= 0.6 is 0 Å². The van der Waals surface area contributed by atoms with Crippen LogP contribution < -0.4 is 11.1 Å². The number of nitrogens with zero attached hydrogens (tertiary/aromatic N) is 1. The van der Waals surface area contributed by atoms with E-state index in [2.05, 4.69) is 5.32 Å². The van der Waals surface area contributed by atoms with Gasteiger partial charge in [-0.15, -0.1) is 0 Å². The third-order valence-corrected chi connectivity index (χ3v) is 3.88. The second-order valence-electron chi connectivity index (χ2n) is 5.46. The first-order chi connectivity index (χ1) is 10.5. The first kappa shape index (κ1) is 16.0. The van der Waals surface area contributed by atoms with Crippen LogP contribution in [0.15, 0.2) is 24.3 Å². The van der Waals surface area contributed by atoms with E-state index in [9.17, 15) is 14.4 Å². The molecule has 118 valence electrons. The zero-order valence-electron chi connectivity index (χ0n) is 12.7. The molecule has 1 unspecified atom stereocenters. The maximum absolute atomic E-state index is 12.3. The van der Waals surface area contributed by atoms with Crippen molar-refractivity contribution >= 4 is 23.4 Å². The van der Waals surface area contributed by atoms with Gasteiger partial charge in [-0.1, -0.05) is 6.92 Å². The van der Waals surface area contributed by atoms with Crippen LogP contribution in [0.3, 0.4) is 0 Å². The number of anilines is 1. The Morgan fingerprint density at radius 1 is 1.27 bits per heavy atom. The third kappa shape index (κ3) is 3.84. The molecule has 0 saturated carbocycles. The van der Waals surface area contributed by atoms with Gasteiger partial charge in [0, 0.05) is 30.8 Å². The molecule has 1 heterocycles. The summed E-state index contributed by atoms with van der Waals surface area (Å²) in [6, 6.07) is 6.45. The largest absolute Gasteiger partial charge is 0.366 e. The Labute approximate surface area is 129 Å². The van der Waals surface area contributed by atoms with Crippen LogP contribution in [-0.4, -0.2) is 35.7 Å². The summed E-state index contributed by atoms with van der Waals surface area (Å²) in [6.07, 6.45) is 2.08. The Hall–Kier alpha value is -2.37. The van der Waals surface area contributed by atoms with E-state index in [1.54, 1.807) is 29.2 Å². The zero-order chi connectivity index (χ0) is 16.1. The Kier molecular flexibility index (Phi) is 5.14. The lowest BCUT2D eigenvalue weighted by Crippen LogP contribution is -2.43. The quantitative estimate of drug-likeness (QED) is 0.880. The van der Waals surface area contributed by atoms with Crippen molar-refractivity contribution in [1.29, 1.82) is 0 Å². The SMILES string of the molecule is CCC(=O)N1CCCC(C(=O)Nc2ccc(C(N)=O)cc2)C1. The van der Waals surface area contributed by atoms with Gasteiger partial charge in [0.15, 0.2) is 0 Å². The molecule has 1 aliphatic heterocycles. The van der Waals surface area contributed by atoms with E-state index in [1.165, 1.54) is 0 Å². The highest BCUT2D eigenvalue weighted by atomic mass is 16.2. The van der Waals surface area contributed by atoms with Crippen LogP contribution in [0.5, 0.6) is 0 Å². The summed E-state index contributed by atoms with van der Waals surface area (Å²) >= 11 is 0. The zero-order valence-corrected chi connectivity index (χ0v) is 12.7. The molecule has 0 spiro atoms. The number of nitrogens with two attached hydrogens (primary N) is 1. The standard InChI is InChI=1S/C16H21N3O3/c1-2-14(20)19-9-3-4-12(10-19)16(22)18-13-7-5-11(6-8-13)15(17)21/h5-8,12H,2-4,9-10H2,1H3,(H2,17,21)(H,18,22). The Morgan fingerprint density at radius 2 is 1.95 bits per heavy atom.